The van der Waals surface area contributed by atoms with E-state index in [9.17, 15) is 130 Å². The van der Waals surface area contributed by atoms with Crippen molar-refractivity contribution in [2.75, 3.05) is 0 Å². The standard InChI is InChI=1S/3C2F6O5S2/c3*3-1(4,5)14(9,10)13-15(11,12)2(6,7)8. The van der Waals surface area contributed by atoms with Gasteiger partial charge in [-0.15, -0.1) is 10.9 Å². The third kappa shape index (κ3) is 13.9. The molecule has 39 heteroatoms. The van der Waals surface area contributed by atoms with Gasteiger partial charge >= 0.3 is 93.8 Å². The van der Waals surface area contributed by atoms with Crippen LogP contribution in [0.4, 0.5) is 79.0 Å². The Kier molecular flexibility index (Phi) is 14.3. The zero-order chi connectivity index (χ0) is 38.1. The van der Waals surface area contributed by atoms with Crippen molar-refractivity contribution in [2.45, 2.75) is 33.0 Å². The fourth-order valence-electron chi connectivity index (χ4n) is 0.585. The average molecular weight is 846 g/mol. The van der Waals surface area contributed by atoms with Gasteiger partial charge in [-0.3, -0.25) is 0 Å². The Hall–Kier alpha value is -1.68. The lowest BCUT2D eigenvalue weighted by molar-refractivity contribution is -0.0594. The summed E-state index contributed by atoms with van der Waals surface area (Å²) in [5.74, 6) is 0. The van der Waals surface area contributed by atoms with E-state index in [0.29, 0.717) is 0 Å². The molecule has 276 valence electrons. The number of halogens is 18. The van der Waals surface area contributed by atoms with E-state index in [2.05, 4.69) is 0 Å². The second-order valence-electron chi connectivity index (χ2n) is 5.60. The first-order valence-electron chi connectivity index (χ1n) is 7.63. The van der Waals surface area contributed by atoms with E-state index in [1.807, 2.05) is 10.9 Å². The summed E-state index contributed by atoms with van der Waals surface area (Å²) in [6, 6.07) is 0. The van der Waals surface area contributed by atoms with Gasteiger partial charge in [-0.25, -0.2) is 0 Å². The Labute approximate surface area is 234 Å². The molecule has 0 spiro atoms. The first-order valence-corrected chi connectivity index (χ1v) is 16.1. The van der Waals surface area contributed by atoms with E-state index >= 15 is 0 Å². The van der Waals surface area contributed by atoms with Crippen LogP contribution in [0.2, 0.25) is 0 Å². The lowest BCUT2D eigenvalue weighted by atomic mass is 11.6. The second-order valence-corrected chi connectivity index (χ2v) is 15.5. The van der Waals surface area contributed by atoms with Gasteiger partial charge in [0.15, 0.2) is 0 Å². The number of alkyl halides is 18. The summed E-state index contributed by atoms with van der Waals surface area (Å²) < 4.78 is 330. The van der Waals surface area contributed by atoms with Crippen LogP contribution in [0.25, 0.3) is 0 Å². The van der Waals surface area contributed by atoms with E-state index in [4.69, 9.17) is 0 Å². The van der Waals surface area contributed by atoms with Crippen LogP contribution >= 0.6 is 0 Å². The van der Waals surface area contributed by atoms with Crippen molar-refractivity contribution in [3.8, 4) is 0 Å². The molecule has 0 aliphatic heterocycles. The molecule has 0 aromatic heterocycles. The van der Waals surface area contributed by atoms with Gasteiger partial charge in [0, 0.05) is 0 Å². The molecule has 0 saturated heterocycles. The molecule has 0 fully saturated rings. The third-order valence-electron chi connectivity index (χ3n) is 2.24. The van der Waals surface area contributed by atoms with E-state index in [-0.39, 0.29) is 0 Å². The van der Waals surface area contributed by atoms with Crippen molar-refractivity contribution in [2.24, 2.45) is 0 Å². The molecular formula is C6F18O15S6. The topological polar surface area (TPSA) is 233 Å². The van der Waals surface area contributed by atoms with Gasteiger partial charge in [-0.2, -0.15) is 130 Å². The highest BCUT2D eigenvalue weighted by molar-refractivity contribution is 8.01. The molecule has 0 aliphatic carbocycles. The predicted octanol–water partition coefficient (Wildman–Crippen LogP) is 2.11. The molecule has 45 heavy (non-hydrogen) atoms. The third-order valence-corrected chi connectivity index (χ3v) is 9.94. The Bertz CT molecular complexity index is 1350. The summed E-state index contributed by atoms with van der Waals surface area (Å²) in [5, 5.41) is 0. The Balaban J connectivity index is -0.000000588. The van der Waals surface area contributed by atoms with Gasteiger partial charge in [-0.1, -0.05) is 0 Å². The van der Waals surface area contributed by atoms with E-state index in [1.165, 1.54) is 0 Å². The molecule has 0 aliphatic rings. The van der Waals surface area contributed by atoms with E-state index in [0.717, 1.165) is 0 Å². The number of rotatable bonds is 6. The van der Waals surface area contributed by atoms with Gasteiger partial charge in [0.1, 0.15) is 0 Å². The quantitative estimate of drug-likeness (QED) is 0.275. The maximum Gasteiger partial charge on any atom is 0.524 e. The number of hydrogen-bond donors (Lipinski definition) is 0. The lowest BCUT2D eigenvalue weighted by Gasteiger charge is -2.09. The van der Waals surface area contributed by atoms with Gasteiger partial charge in [0.25, 0.3) is 0 Å². The highest BCUT2D eigenvalue weighted by atomic mass is 32.3. The molecular weight excluding hydrogens is 846 g/mol. The van der Waals surface area contributed by atoms with E-state index < -0.39 is 93.8 Å². The van der Waals surface area contributed by atoms with Crippen LogP contribution < -0.4 is 0 Å². The summed E-state index contributed by atoms with van der Waals surface area (Å²) >= 11 is 0. The van der Waals surface area contributed by atoms with Gasteiger partial charge in [0.05, 0.1) is 0 Å². The molecule has 15 nitrogen and oxygen atoms in total. The molecule has 0 bridgehead atoms. The van der Waals surface area contributed by atoms with Crippen LogP contribution in [0.5, 0.6) is 0 Å². The molecule has 0 saturated carbocycles. The van der Waals surface area contributed by atoms with Crippen LogP contribution in [-0.2, 0) is 71.6 Å². The minimum atomic E-state index is -6.85. The largest absolute Gasteiger partial charge is 0.524 e. The smallest absolute Gasteiger partial charge is 0.188 e. The molecule has 0 aromatic carbocycles. The number of hydrogen-bond acceptors (Lipinski definition) is 15. The van der Waals surface area contributed by atoms with Gasteiger partial charge in [0.2, 0.25) is 0 Å². The van der Waals surface area contributed by atoms with Crippen molar-refractivity contribution in [1.29, 1.82) is 0 Å². The maximum absolute atomic E-state index is 11.4. The van der Waals surface area contributed by atoms with Crippen molar-refractivity contribution in [1.82, 2.24) is 0 Å². The monoisotopic (exact) mass is 846 g/mol. The second kappa shape index (κ2) is 13.4. The zero-order valence-corrected chi connectivity index (χ0v) is 23.3. The van der Waals surface area contributed by atoms with Crippen LogP contribution in [0.3, 0.4) is 0 Å². The summed E-state index contributed by atoms with van der Waals surface area (Å²) in [7, 11) is -41.1. The van der Waals surface area contributed by atoms with Crippen LogP contribution in [0.15, 0.2) is 0 Å². The predicted molar refractivity (Wildman–Crippen MR) is 93.1 cm³/mol. The minimum absolute atomic E-state index is 2.05. The first-order chi connectivity index (χ1) is 18.6. The van der Waals surface area contributed by atoms with Crippen molar-refractivity contribution >= 4 is 60.7 Å². The van der Waals surface area contributed by atoms with Gasteiger partial charge < -0.3 is 0 Å². The molecule has 0 rings (SSSR count). The fraction of sp³-hybridized carbons (Fsp3) is 1.00. The maximum atomic E-state index is 11.4. The molecule has 0 unspecified atom stereocenters. The molecule has 0 N–H and O–H groups in total. The Morgan fingerprint density at radius 1 is 0.222 bits per heavy atom. The van der Waals surface area contributed by atoms with Crippen LogP contribution in [0.1, 0.15) is 0 Å². The summed E-state index contributed by atoms with van der Waals surface area (Å²) in [4.78, 5) is 0. The van der Waals surface area contributed by atoms with Crippen molar-refractivity contribution < 1.29 is 140 Å². The SMILES string of the molecule is O=S(=O)(OS(=O)(=O)C(F)(F)F)C(F)(F)F.O=S(=O)(OS(=O)(=O)C(F)(F)F)C(F)(F)F.O=S(=O)(OS(=O)(=O)C(F)(F)F)C(F)(F)F. The zero-order valence-electron chi connectivity index (χ0n) is 18.4. The molecule has 0 radical (unpaired) electrons. The minimum Gasteiger partial charge on any atom is -0.188 e. The molecule has 0 heterocycles. The van der Waals surface area contributed by atoms with Crippen LogP contribution in [-0.4, -0.2) is 83.6 Å². The highest BCUT2D eigenvalue weighted by Crippen LogP contribution is 2.34. The summed E-state index contributed by atoms with van der Waals surface area (Å²) in [5.41, 5.74) is -37.6. The Morgan fingerprint density at radius 3 is 0.333 bits per heavy atom. The fourth-order valence-corrected chi connectivity index (χ4v) is 5.27. The van der Waals surface area contributed by atoms with Gasteiger partial charge in [-0.05, 0) is 0 Å². The Morgan fingerprint density at radius 2 is 0.289 bits per heavy atom. The highest BCUT2D eigenvalue weighted by Gasteiger charge is 2.59. The molecule has 0 atom stereocenters. The van der Waals surface area contributed by atoms with Crippen molar-refractivity contribution in [3.05, 3.63) is 0 Å². The first kappa shape index (κ1) is 47.7. The van der Waals surface area contributed by atoms with Crippen molar-refractivity contribution in [3.63, 3.8) is 0 Å². The van der Waals surface area contributed by atoms with E-state index in [1.54, 1.807) is 0 Å². The van der Waals surface area contributed by atoms with Crippen LogP contribution in [0, 0.1) is 0 Å². The normalized spacial score (nSPS) is 15.3. The summed E-state index contributed by atoms with van der Waals surface area (Å²) in [6.45, 7) is 0. The summed E-state index contributed by atoms with van der Waals surface area (Å²) in [6.07, 6.45) is 0. The molecule has 0 aromatic rings. The molecule has 0 amide bonds. The average Bonchev–Trinajstić information content (AvgIpc) is 2.61. The lowest BCUT2D eigenvalue weighted by Crippen LogP contribution is -2.34.